The number of nitrogens with one attached hydrogen (secondary N) is 1. The van der Waals surface area contributed by atoms with Gasteiger partial charge in [0.1, 0.15) is 0 Å². The summed E-state index contributed by atoms with van der Waals surface area (Å²) in [5, 5.41) is 14.1. The molecule has 1 N–H and O–H groups in total. The maximum absolute atomic E-state index is 10.6. The van der Waals surface area contributed by atoms with Crippen LogP contribution in [0.25, 0.3) is 0 Å². The first kappa shape index (κ1) is 14.0. The van der Waals surface area contributed by atoms with Crippen molar-refractivity contribution in [3.63, 3.8) is 0 Å². The lowest BCUT2D eigenvalue weighted by Crippen LogP contribution is -2.34. The molecule has 1 atom stereocenters. The van der Waals surface area contributed by atoms with Crippen molar-refractivity contribution in [1.82, 2.24) is 10.2 Å². The van der Waals surface area contributed by atoms with Gasteiger partial charge < -0.3 is 5.32 Å². The Morgan fingerprint density at radius 2 is 2.11 bits per heavy atom. The molecule has 104 valence electrons. The Morgan fingerprint density at radius 1 is 1.42 bits per heavy atom. The third-order valence-corrected chi connectivity index (χ3v) is 3.69. The number of benzene rings is 1. The van der Waals surface area contributed by atoms with Crippen LogP contribution in [0.15, 0.2) is 24.3 Å². The van der Waals surface area contributed by atoms with Crippen molar-refractivity contribution in [2.45, 2.75) is 38.9 Å². The highest BCUT2D eigenvalue weighted by Crippen LogP contribution is 2.14. The van der Waals surface area contributed by atoms with E-state index in [1.807, 2.05) is 12.1 Å². The van der Waals surface area contributed by atoms with Gasteiger partial charge in [0.15, 0.2) is 0 Å². The Kier molecular flexibility index (Phi) is 4.50. The van der Waals surface area contributed by atoms with E-state index in [0.29, 0.717) is 12.1 Å². The average molecular weight is 263 g/mol. The summed E-state index contributed by atoms with van der Waals surface area (Å²) in [5.41, 5.74) is 1.24. The number of hydrogen-bond donors (Lipinski definition) is 1. The highest BCUT2D eigenvalue weighted by molar-refractivity contribution is 5.32. The molecular weight excluding hydrogens is 242 g/mol. The molecule has 5 heteroatoms. The standard InChI is InChI=1S/C14H21N3O2/c1-11(2)16-8-7-13(10-16)15-9-12-3-5-14(6-4-12)17(18)19/h3-6,11,13,15H,7-10H2,1-2H3. The summed E-state index contributed by atoms with van der Waals surface area (Å²) < 4.78 is 0. The molecule has 1 aromatic rings. The van der Waals surface area contributed by atoms with Crippen molar-refractivity contribution in [2.75, 3.05) is 13.1 Å². The highest BCUT2D eigenvalue weighted by atomic mass is 16.6. The summed E-state index contributed by atoms with van der Waals surface area (Å²) in [4.78, 5) is 12.7. The van der Waals surface area contributed by atoms with E-state index in [9.17, 15) is 10.1 Å². The molecule has 0 spiro atoms. The lowest BCUT2D eigenvalue weighted by atomic mass is 10.2. The maximum atomic E-state index is 10.6. The highest BCUT2D eigenvalue weighted by Gasteiger charge is 2.23. The summed E-state index contributed by atoms with van der Waals surface area (Å²) in [6, 6.07) is 7.89. The van der Waals surface area contributed by atoms with Crippen LogP contribution in [0.4, 0.5) is 5.69 Å². The van der Waals surface area contributed by atoms with Crippen LogP contribution in [-0.4, -0.2) is 35.0 Å². The van der Waals surface area contributed by atoms with Crippen LogP contribution in [0.3, 0.4) is 0 Å². The Labute approximate surface area is 113 Å². The molecule has 5 nitrogen and oxygen atoms in total. The van der Waals surface area contributed by atoms with Crippen LogP contribution in [0.1, 0.15) is 25.8 Å². The van der Waals surface area contributed by atoms with Gasteiger partial charge in [-0.1, -0.05) is 12.1 Å². The minimum Gasteiger partial charge on any atom is -0.309 e. The predicted octanol–water partition coefficient (Wildman–Crippen LogP) is 2.17. The van der Waals surface area contributed by atoms with Gasteiger partial charge in [-0.25, -0.2) is 0 Å². The van der Waals surface area contributed by atoms with E-state index in [-0.39, 0.29) is 10.6 Å². The summed E-state index contributed by atoms with van der Waals surface area (Å²) >= 11 is 0. The number of nitro benzene ring substituents is 1. The molecule has 0 bridgehead atoms. The normalized spacial score (nSPS) is 20.1. The molecule has 1 saturated heterocycles. The first-order valence-electron chi connectivity index (χ1n) is 6.77. The van der Waals surface area contributed by atoms with Gasteiger partial charge in [0.05, 0.1) is 4.92 Å². The van der Waals surface area contributed by atoms with Crippen molar-refractivity contribution in [3.05, 3.63) is 39.9 Å². The minimum absolute atomic E-state index is 0.149. The zero-order valence-electron chi connectivity index (χ0n) is 11.5. The van der Waals surface area contributed by atoms with Crippen molar-refractivity contribution in [1.29, 1.82) is 0 Å². The van der Waals surface area contributed by atoms with E-state index < -0.39 is 0 Å². The molecule has 0 aromatic heterocycles. The van der Waals surface area contributed by atoms with E-state index in [0.717, 1.165) is 25.2 Å². The molecular formula is C14H21N3O2. The van der Waals surface area contributed by atoms with Gasteiger partial charge >= 0.3 is 0 Å². The van der Waals surface area contributed by atoms with Crippen LogP contribution in [0.2, 0.25) is 0 Å². The Morgan fingerprint density at radius 3 is 2.63 bits per heavy atom. The fourth-order valence-corrected chi connectivity index (χ4v) is 2.42. The van der Waals surface area contributed by atoms with E-state index >= 15 is 0 Å². The Balaban J connectivity index is 1.81. The van der Waals surface area contributed by atoms with Crippen molar-refractivity contribution < 1.29 is 4.92 Å². The van der Waals surface area contributed by atoms with E-state index in [4.69, 9.17) is 0 Å². The topological polar surface area (TPSA) is 58.4 Å². The number of nitrogens with zero attached hydrogens (tertiary/aromatic N) is 2. The number of non-ortho nitro benzene ring substituents is 1. The number of likely N-dealkylation sites (tertiary alicyclic amines) is 1. The van der Waals surface area contributed by atoms with Crippen LogP contribution in [0.5, 0.6) is 0 Å². The summed E-state index contributed by atoms with van der Waals surface area (Å²) in [6.07, 6.45) is 1.17. The Bertz CT molecular complexity index is 431. The molecule has 0 saturated carbocycles. The summed E-state index contributed by atoms with van der Waals surface area (Å²) in [7, 11) is 0. The summed E-state index contributed by atoms with van der Waals surface area (Å²) in [6.45, 7) is 7.45. The van der Waals surface area contributed by atoms with Gasteiger partial charge in [0.25, 0.3) is 5.69 Å². The number of rotatable bonds is 5. The zero-order valence-corrected chi connectivity index (χ0v) is 11.5. The second-order valence-corrected chi connectivity index (χ2v) is 5.38. The molecule has 1 aliphatic heterocycles. The third kappa shape index (κ3) is 3.75. The minimum atomic E-state index is -0.366. The lowest BCUT2D eigenvalue weighted by molar-refractivity contribution is -0.384. The first-order valence-corrected chi connectivity index (χ1v) is 6.77. The zero-order chi connectivity index (χ0) is 13.8. The van der Waals surface area contributed by atoms with Crippen molar-refractivity contribution in [2.24, 2.45) is 0 Å². The average Bonchev–Trinajstić information content (AvgIpc) is 2.86. The SMILES string of the molecule is CC(C)N1CCC(NCc2ccc([N+](=O)[O-])cc2)C1. The van der Waals surface area contributed by atoms with E-state index in [1.54, 1.807) is 12.1 Å². The molecule has 1 unspecified atom stereocenters. The molecule has 1 aliphatic rings. The van der Waals surface area contributed by atoms with Gasteiger partial charge in [-0.15, -0.1) is 0 Å². The Hall–Kier alpha value is -1.46. The second kappa shape index (κ2) is 6.12. The van der Waals surface area contributed by atoms with Gasteiger partial charge in [-0.2, -0.15) is 0 Å². The molecule has 19 heavy (non-hydrogen) atoms. The van der Waals surface area contributed by atoms with Gasteiger partial charge in [0.2, 0.25) is 0 Å². The van der Waals surface area contributed by atoms with Crippen molar-refractivity contribution in [3.8, 4) is 0 Å². The molecule has 1 fully saturated rings. The lowest BCUT2D eigenvalue weighted by Gasteiger charge is -2.20. The largest absolute Gasteiger partial charge is 0.309 e. The maximum Gasteiger partial charge on any atom is 0.269 e. The van der Waals surface area contributed by atoms with E-state index in [1.165, 1.54) is 6.42 Å². The molecule has 0 radical (unpaired) electrons. The quantitative estimate of drug-likeness (QED) is 0.653. The molecule has 2 rings (SSSR count). The number of nitro groups is 1. The fourth-order valence-electron chi connectivity index (χ4n) is 2.42. The van der Waals surface area contributed by atoms with Gasteiger partial charge in [-0.05, 0) is 32.4 Å². The van der Waals surface area contributed by atoms with E-state index in [2.05, 4.69) is 24.1 Å². The van der Waals surface area contributed by atoms with Gasteiger partial charge in [-0.3, -0.25) is 15.0 Å². The third-order valence-electron chi connectivity index (χ3n) is 3.69. The van der Waals surface area contributed by atoms with Crippen LogP contribution >= 0.6 is 0 Å². The first-order chi connectivity index (χ1) is 9.06. The number of hydrogen-bond acceptors (Lipinski definition) is 4. The second-order valence-electron chi connectivity index (χ2n) is 5.38. The van der Waals surface area contributed by atoms with Crippen LogP contribution in [-0.2, 0) is 6.54 Å². The molecule has 0 amide bonds. The molecule has 1 aromatic carbocycles. The van der Waals surface area contributed by atoms with Gasteiger partial charge in [0, 0.05) is 37.3 Å². The molecule has 1 heterocycles. The summed E-state index contributed by atoms with van der Waals surface area (Å²) in [5.74, 6) is 0. The fraction of sp³-hybridized carbons (Fsp3) is 0.571. The predicted molar refractivity (Wildman–Crippen MR) is 75.1 cm³/mol. The van der Waals surface area contributed by atoms with Crippen LogP contribution < -0.4 is 5.32 Å². The van der Waals surface area contributed by atoms with Crippen molar-refractivity contribution >= 4 is 5.69 Å². The monoisotopic (exact) mass is 263 g/mol. The molecule has 0 aliphatic carbocycles. The van der Waals surface area contributed by atoms with Crippen LogP contribution in [0, 0.1) is 10.1 Å². The smallest absolute Gasteiger partial charge is 0.269 e.